The van der Waals surface area contributed by atoms with Crippen molar-refractivity contribution in [2.45, 2.75) is 19.3 Å². The lowest BCUT2D eigenvalue weighted by atomic mass is 9.88. The van der Waals surface area contributed by atoms with Crippen molar-refractivity contribution >= 4 is 11.8 Å². The average Bonchev–Trinajstić information content (AvgIpc) is 3.57. The Morgan fingerprint density at radius 2 is 1.86 bits per heavy atom. The van der Waals surface area contributed by atoms with Crippen molar-refractivity contribution in [2.24, 2.45) is 17.3 Å². The summed E-state index contributed by atoms with van der Waals surface area (Å²) in [6.07, 6.45) is 2.75. The number of nitrogens with one attached hydrogen (secondary N) is 2. The van der Waals surface area contributed by atoms with Crippen molar-refractivity contribution in [3.8, 4) is 5.75 Å². The number of nitrogens with zero attached hydrogens (tertiary/aromatic N) is 1. The number of morpholine rings is 1. The summed E-state index contributed by atoms with van der Waals surface area (Å²) in [4.78, 5) is 27.4. The third-order valence-corrected chi connectivity index (χ3v) is 6.28. The molecular formula is C22H31N3O4. The number of carbonyl (C=O) groups excluding carboxylic acids is 2. The van der Waals surface area contributed by atoms with Crippen molar-refractivity contribution in [3.63, 3.8) is 0 Å². The van der Waals surface area contributed by atoms with Gasteiger partial charge in [0.25, 0.3) is 0 Å². The SMILES string of the molecule is O=C(NCC1(COc2ccccc2)CC1)[C@@H]1CNC[C@@H](C(=O)N2CCOCC2)C1. The molecule has 2 aliphatic heterocycles. The predicted molar refractivity (Wildman–Crippen MR) is 108 cm³/mol. The number of para-hydroxylation sites is 1. The van der Waals surface area contributed by atoms with Gasteiger partial charge in [-0.15, -0.1) is 0 Å². The molecule has 0 unspecified atom stereocenters. The summed E-state index contributed by atoms with van der Waals surface area (Å²) >= 11 is 0. The van der Waals surface area contributed by atoms with Crippen LogP contribution < -0.4 is 15.4 Å². The van der Waals surface area contributed by atoms with Crippen LogP contribution in [-0.2, 0) is 14.3 Å². The molecule has 1 aromatic carbocycles. The molecule has 2 amide bonds. The van der Waals surface area contributed by atoms with E-state index in [1.54, 1.807) is 0 Å². The first-order chi connectivity index (χ1) is 14.2. The summed E-state index contributed by atoms with van der Waals surface area (Å²) in [5.74, 6) is 0.765. The normalized spacial score (nSPS) is 25.9. The van der Waals surface area contributed by atoms with Crippen LogP contribution in [0.4, 0.5) is 0 Å². The third kappa shape index (κ3) is 5.28. The van der Waals surface area contributed by atoms with Crippen LogP contribution in [-0.4, -0.2) is 69.3 Å². The highest BCUT2D eigenvalue weighted by atomic mass is 16.5. The second-order valence-electron chi connectivity index (χ2n) is 8.54. The Morgan fingerprint density at radius 3 is 2.59 bits per heavy atom. The highest BCUT2D eigenvalue weighted by molar-refractivity contribution is 5.83. The van der Waals surface area contributed by atoms with Crippen LogP contribution in [0.3, 0.4) is 0 Å². The molecule has 3 fully saturated rings. The summed E-state index contributed by atoms with van der Waals surface area (Å²) in [5.41, 5.74) is 0.0522. The van der Waals surface area contributed by atoms with Gasteiger partial charge < -0.3 is 25.0 Å². The van der Waals surface area contributed by atoms with Crippen LogP contribution in [0.1, 0.15) is 19.3 Å². The van der Waals surface area contributed by atoms with Gasteiger partial charge in [0.15, 0.2) is 0 Å². The Morgan fingerprint density at radius 1 is 1.14 bits per heavy atom. The summed E-state index contributed by atoms with van der Waals surface area (Å²) in [5, 5.41) is 6.41. The fourth-order valence-electron chi connectivity index (χ4n) is 4.09. The molecule has 2 N–H and O–H groups in total. The molecular weight excluding hydrogens is 370 g/mol. The van der Waals surface area contributed by atoms with Gasteiger partial charge in [-0.05, 0) is 31.4 Å². The standard InChI is InChI=1S/C22H31N3O4/c26-20(24-15-22(6-7-22)16-29-19-4-2-1-3-5-19)17-12-18(14-23-13-17)21(27)25-8-10-28-11-9-25/h1-5,17-18,23H,6-16H2,(H,24,26)/t17-,18-/m0/s1. The molecule has 1 saturated carbocycles. The molecule has 29 heavy (non-hydrogen) atoms. The van der Waals surface area contributed by atoms with Crippen LogP contribution in [0.5, 0.6) is 5.75 Å². The van der Waals surface area contributed by atoms with Crippen molar-refractivity contribution in [2.75, 3.05) is 52.5 Å². The fraction of sp³-hybridized carbons (Fsp3) is 0.636. The fourth-order valence-corrected chi connectivity index (χ4v) is 4.09. The molecule has 2 heterocycles. The minimum absolute atomic E-state index is 0.0444. The van der Waals surface area contributed by atoms with Crippen LogP contribution in [0.25, 0.3) is 0 Å². The highest BCUT2D eigenvalue weighted by Crippen LogP contribution is 2.45. The minimum atomic E-state index is -0.162. The number of carbonyl (C=O) groups is 2. The summed E-state index contributed by atoms with van der Waals surface area (Å²) in [6, 6.07) is 9.79. The Kier molecular flexibility index (Phi) is 6.35. The molecule has 0 aromatic heterocycles. The van der Waals surface area contributed by atoms with Crippen LogP contribution in [0.2, 0.25) is 0 Å². The Bertz CT molecular complexity index is 701. The van der Waals surface area contributed by atoms with Crippen molar-refractivity contribution in [3.05, 3.63) is 30.3 Å². The zero-order valence-electron chi connectivity index (χ0n) is 16.9. The minimum Gasteiger partial charge on any atom is -0.493 e. The van der Waals surface area contributed by atoms with Gasteiger partial charge in [0, 0.05) is 38.1 Å². The van der Waals surface area contributed by atoms with Gasteiger partial charge in [0.1, 0.15) is 5.75 Å². The van der Waals surface area contributed by atoms with E-state index < -0.39 is 0 Å². The van der Waals surface area contributed by atoms with E-state index in [-0.39, 0.29) is 29.1 Å². The average molecular weight is 402 g/mol. The molecule has 1 aromatic rings. The Balaban J connectivity index is 1.23. The van der Waals surface area contributed by atoms with Gasteiger partial charge >= 0.3 is 0 Å². The zero-order valence-corrected chi connectivity index (χ0v) is 16.9. The number of hydrogen-bond acceptors (Lipinski definition) is 5. The van der Waals surface area contributed by atoms with E-state index in [1.165, 1.54) is 0 Å². The number of amides is 2. The summed E-state index contributed by atoms with van der Waals surface area (Å²) in [7, 11) is 0. The van der Waals surface area contributed by atoms with Gasteiger partial charge in [0.05, 0.1) is 31.7 Å². The van der Waals surface area contributed by atoms with E-state index in [4.69, 9.17) is 9.47 Å². The van der Waals surface area contributed by atoms with E-state index in [2.05, 4.69) is 10.6 Å². The van der Waals surface area contributed by atoms with E-state index in [0.717, 1.165) is 18.6 Å². The topological polar surface area (TPSA) is 79.9 Å². The largest absolute Gasteiger partial charge is 0.493 e. The lowest BCUT2D eigenvalue weighted by Crippen LogP contribution is -2.51. The van der Waals surface area contributed by atoms with E-state index >= 15 is 0 Å². The first-order valence-corrected chi connectivity index (χ1v) is 10.7. The number of ether oxygens (including phenoxy) is 2. The quantitative estimate of drug-likeness (QED) is 0.714. The molecule has 1 aliphatic carbocycles. The van der Waals surface area contributed by atoms with Gasteiger partial charge in [-0.2, -0.15) is 0 Å². The maximum Gasteiger partial charge on any atom is 0.227 e. The molecule has 3 aliphatic rings. The zero-order chi connectivity index (χ0) is 20.1. The first-order valence-electron chi connectivity index (χ1n) is 10.7. The number of benzene rings is 1. The monoisotopic (exact) mass is 401 g/mol. The molecule has 2 atom stereocenters. The van der Waals surface area contributed by atoms with Crippen LogP contribution in [0.15, 0.2) is 30.3 Å². The van der Waals surface area contributed by atoms with Gasteiger partial charge in [-0.3, -0.25) is 9.59 Å². The second-order valence-corrected chi connectivity index (χ2v) is 8.54. The Hall–Kier alpha value is -2.12. The van der Waals surface area contributed by atoms with Crippen LogP contribution >= 0.6 is 0 Å². The summed E-state index contributed by atoms with van der Waals surface area (Å²) < 4.78 is 11.2. The molecule has 0 spiro atoms. The van der Waals surface area contributed by atoms with Crippen LogP contribution in [0, 0.1) is 17.3 Å². The smallest absolute Gasteiger partial charge is 0.227 e. The molecule has 7 nitrogen and oxygen atoms in total. The second kappa shape index (κ2) is 9.13. The number of piperidine rings is 1. The Labute approximate surface area is 172 Å². The molecule has 0 bridgehead atoms. The van der Waals surface area contributed by atoms with Crippen molar-refractivity contribution < 1.29 is 19.1 Å². The molecule has 4 rings (SSSR count). The molecule has 2 saturated heterocycles. The molecule has 158 valence electrons. The van der Waals surface area contributed by atoms with E-state index in [0.29, 0.717) is 59.0 Å². The number of hydrogen-bond donors (Lipinski definition) is 2. The van der Waals surface area contributed by atoms with E-state index in [1.807, 2.05) is 35.2 Å². The van der Waals surface area contributed by atoms with Crippen molar-refractivity contribution in [1.82, 2.24) is 15.5 Å². The lowest BCUT2D eigenvalue weighted by molar-refractivity contribution is -0.141. The van der Waals surface area contributed by atoms with E-state index in [9.17, 15) is 9.59 Å². The van der Waals surface area contributed by atoms with Gasteiger partial charge in [0.2, 0.25) is 11.8 Å². The van der Waals surface area contributed by atoms with Gasteiger partial charge in [-0.25, -0.2) is 0 Å². The highest BCUT2D eigenvalue weighted by Gasteiger charge is 2.44. The maximum atomic E-state index is 12.8. The first kappa shape index (κ1) is 20.2. The van der Waals surface area contributed by atoms with Gasteiger partial charge in [-0.1, -0.05) is 18.2 Å². The molecule has 7 heteroatoms. The van der Waals surface area contributed by atoms with Crippen molar-refractivity contribution in [1.29, 1.82) is 0 Å². The molecule has 0 radical (unpaired) electrons. The summed E-state index contributed by atoms with van der Waals surface area (Å²) in [6.45, 7) is 5.04. The maximum absolute atomic E-state index is 12.8. The lowest BCUT2D eigenvalue weighted by Gasteiger charge is -2.34. The number of rotatable bonds is 7. The predicted octanol–water partition coefficient (Wildman–Crippen LogP) is 1.05. The third-order valence-electron chi connectivity index (χ3n) is 6.28.